The molecule has 0 fully saturated rings. The van der Waals surface area contributed by atoms with Crippen molar-refractivity contribution in [2.45, 2.75) is 168 Å². The van der Waals surface area contributed by atoms with Crippen molar-refractivity contribution in [3.63, 3.8) is 0 Å². The smallest absolute Gasteiger partial charge is 0.200 e. The molecule has 0 aliphatic carbocycles. The summed E-state index contributed by atoms with van der Waals surface area (Å²) in [6.07, 6.45) is 3.45. The molecule has 0 aliphatic heterocycles. The van der Waals surface area contributed by atoms with Gasteiger partial charge in [0.25, 0.3) is 0 Å². The first-order chi connectivity index (χ1) is 19.0. The van der Waals surface area contributed by atoms with Crippen LogP contribution in [-0.4, -0.2) is 56.2 Å². The lowest BCUT2D eigenvalue weighted by Gasteiger charge is -2.44. The van der Waals surface area contributed by atoms with Crippen LogP contribution in [0.4, 0.5) is 0 Å². The van der Waals surface area contributed by atoms with Gasteiger partial charge in [0.15, 0.2) is 16.6 Å². The minimum atomic E-state index is -1.99. The maximum Gasteiger partial charge on any atom is 0.200 e. The molecule has 0 saturated heterocycles. The van der Waals surface area contributed by atoms with Crippen molar-refractivity contribution in [2.24, 2.45) is 5.92 Å². The molecular weight excluding hydrogens is 563 g/mol. The van der Waals surface area contributed by atoms with Crippen LogP contribution in [0.25, 0.3) is 6.08 Å². The zero-order valence-electron chi connectivity index (χ0n) is 28.8. The normalized spacial score (nSPS) is 17.4. The van der Waals surface area contributed by atoms with Crippen LogP contribution in [0, 0.1) is 12.8 Å². The third-order valence-electron chi connectivity index (χ3n) is 9.77. The van der Waals surface area contributed by atoms with Crippen LogP contribution < -0.4 is 0 Å². The largest absolute Gasteiger partial charge is 0.416 e. The maximum absolute atomic E-state index is 11.6. The van der Waals surface area contributed by atoms with Crippen LogP contribution >= 0.6 is 11.3 Å². The number of hydrogen-bond donors (Lipinski definition) is 2. The average molecular weight is 628 g/mol. The van der Waals surface area contributed by atoms with E-state index in [2.05, 4.69) is 81.1 Å². The lowest BCUT2D eigenvalue weighted by molar-refractivity contribution is -0.0720. The van der Waals surface area contributed by atoms with E-state index in [9.17, 15) is 10.2 Å². The summed E-state index contributed by atoms with van der Waals surface area (Å²) in [5.74, 6) is 0.447. The first-order valence-electron chi connectivity index (χ1n) is 16.3. The summed E-state index contributed by atoms with van der Waals surface area (Å²) in [4.78, 5) is 4.50. The molecule has 5 nitrogen and oxygen atoms in total. The van der Waals surface area contributed by atoms with Gasteiger partial charge in [0.2, 0.25) is 0 Å². The van der Waals surface area contributed by atoms with Gasteiger partial charge in [-0.25, -0.2) is 4.98 Å². The SMILES string of the molecule is CC[Si](CC)(CC)O[C@](C)(CCC[C@H](C)CO[Si](C(C)C)(C(C)C)C(C)C)[C@H](O)C[C@H](O)/C(C)=C/c1csc(C)n1. The second-order valence-corrected chi connectivity index (χ2v) is 24.9. The number of aromatic nitrogens is 1. The highest BCUT2D eigenvalue weighted by Crippen LogP contribution is 2.43. The van der Waals surface area contributed by atoms with Gasteiger partial charge in [-0.15, -0.1) is 11.3 Å². The van der Waals surface area contributed by atoms with E-state index in [1.807, 2.05) is 25.3 Å². The van der Waals surface area contributed by atoms with Gasteiger partial charge < -0.3 is 19.1 Å². The van der Waals surface area contributed by atoms with E-state index in [1.54, 1.807) is 11.3 Å². The van der Waals surface area contributed by atoms with Gasteiger partial charge in [-0.3, -0.25) is 0 Å². The van der Waals surface area contributed by atoms with E-state index in [0.29, 0.717) is 22.5 Å². The summed E-state index contributed by atoms with van der Waals surface area (Å²) in [6, 6.07) is 3.09. The van der Waals surface area contributed by atoms with Crippen molar-refractivity contribution in [3.05, 3.63) is 21.7 Å². The van der Waals surface area contributed by atoms with Crippen molar-refractivity contribution in [1.82, 2.24) is 4.98 Å². The Kier molecular flexibility index (Phi) is 16.2. The third-order valence-corrected chi connectivity index (χ3v) is 21.4. The molecule has 0 amide bonds. The Hall–Kier alpha value is -0.356. The molecule has 0 saturated carbocycles. The highest BCUT2D eigenvalue weighted by molar-refractivity contribution is 7.09. The standard InChI is InChI=1S/C33H65NO4SSi2/c1-14-40(15-2,16-3)38-33(13,32(36)21-31(35)28(11)20-30-23-39-29(12)34-30)19-17-18-27(10)22-37-41(24(4)5,25(6)7)26(8)9/h20,23-27,31-32,35-36H,14-19,21-22H2,1-13H3/b28-20+/t27-,31-,32+,33+/m0/s1. The minimum absolute atomic E-state index is 0.257. The van der Waals surface area contributed by atoms with Crippen molar-refractivity contribution in [3.8, 4) is 0 Å². The topological polar surface area (TPSA) is 71.8 Å². The molecule has 8 heteroatoms. The van der Waals surface area contributed by atoms with E-state index in [4.69, 9.17) is 8.85 Å². The number of aryl methyl sites for hydroxylation is 1. The fourth-order valence-corrected chi connectivity index (χ4v) is 16.1. The minimum Gasteiger partial charge on any atom is -0.416 e. The molecule has 1 rings (SSSR count). The van der Waals surface area contributed by atoms with E-state index in [-0.39, 0.29) is 6.42 Å². The van der Waals surface area contributed by atoms with Gasteiger partial charge in [-0.2, -0.15) is 0 Å². The quantitative estimate of drug-likeness (QED) is 0.141. The Morgan fingerprint density at radius 1 is 1.00 bits per heavy atom. The predicted octanol–water partition coefficient (Wildman–Crippen LogP) is 9.75. The van der Waals surface area contributed by atoms with Crippen molar-refractivity contribution in [1.29, 1.82) is 0 Å². The summed E-state index contributed by atoms with van der Waals surface area (Å²) in [5, 5.41) is 25.7. The van der Waals surface area contributed by atoms with E-state index in [0.717, 1.165) is 60.3 Å². The second-order valence-electron chi connectivity index (χ2n) is 13.7. The molecule has 0 aliphatic rings. The van der Waals surface area contributed by atoms with Gasteiger partial charge in [-0.05, 0) is 85.9 Å². The molecule has 1 aromatic rings. The maximum atomic E-state index is 11.6. The number of aliphatic hydroxyl groups is 2. The number of nitrogens with zero attached hydrogens (tertiary/aromatic N) is 1. The van der Waals surface area contributed by atoms with E-state index >= 15 is 0 Å². The van der Waals surface area contributed by atoms with Gasteiger partial charge in [0.05, 0.1) is 28.5 Å². The summed E-state index contributed by atoms with van der Waals surface area (Å²) in [6.45, 7) is 29.9. The first kappa shape index (κ1) is 38.7. The molecule has 1 aromatic heterocycles. The molecule has 4 atom stereocenters. The zero-order chi connectivity index (χ0) is 31.6. The van der Waals surface area contributed by atoms with Gasteiger partial charge in [-0.1, -0.05) is 75.7 Å². The Bertz CT molecular complexity index is 885. The third kappa shape index (κ3) is 10.6. The Morgan fingerprint density at radius 2 is 1.54 bits per heavy atom. The van der Waals surface area contributed by atoms with Crippen LogP contribution in [-0.2, 0) is 8.85 Å². The molecule has 0 unspecified atom stereocenters. The first-order valence-corrected chi connectivity index (χ1v) is 21.9. The van der Waals surface area contributed by atoms with Crippen LogP contribution in [0.1, 0.15) is 119 Å². The Balaban J connectivity index is 3.02. The number of rotatable bonds is 20. The van der Waals surface area contributed by atoms with Crippen LogP contribution in [0.3, 0.4) is 0 Å². The van der Waals surface area contributed by atoms with Gasteiger partial charge >= 0.3 is 0 Å². The van der Waals surface area contributed by atoms with Crippen molar-refractivity contribution < 1.29 is 19.1 Å². The fourth-order valence-electron chi connectivity index (χ4n) is 6.84. The van der Waals surface area contributed by atoms with Crippen LogP contribution in [0.15, 0.2) is 11.0 Å². The van der Waals surface area contributed by atoms with Crippen molar-refractivity contribution >= 4 is 34.0 Å². The number of aliphatic hydroxyl groups excluding tert-OH is 2. The lowest BCUT2D eigenvalue weighted by Crippen LogP contribution is -2.52. The molecule has 1 heterocycles. The highest BCUT2D eigenvalue weighted by atomic mass is 32.1. The average Bonchev–Trinajstić information content (AvgIpc) is 3.31. The number of hydrogen-bond acceptors (Lipinski definition) is 6. The van der Waals surface area contributed by atoms with E-state index < -0.39 is 34.4 Å². The molecule has 0 bridgehead atoms. The monoisotopic (exact) mass is 627 g/mol. The van der Waals surface area contributed by atoms with Gasteiger partial charge in [0.1, 0.15) is 0 Å². The summed E-state index contributed by atoms with van der Waals surface area (Å²) >= 11 is 1.60. The fraction of sp³-hybridized carbons (Fsp3) is 0.848. The molecule has 0 radical (unpaired) electrons. The molecule has 2 N–H and O–H groups in total. The zero-order valence-corrected chi connectivity index (χ0v) is 31.7. The van der Waals surface area contributed by atoms with Crippen LogP contribution in [0.2, 0.25) is 34.8 Å². The summed E-state index contributed by atoms with van der Waals surface area (Å²) < 4.78 is 13.9. The molecule has 240 valence electrons. The lowest BCUT2D eigenvalue weighted by atomic mass is 9.87. The number of thiazole rings is 1. The Labute approximate surface area is 259 Å². The molecule has 0 aromatic carbocycles. The predicted molar refractivity (Wildman–Crippen MR) is 184 cm³/mol. The van der Waals surface area contributed by atoms with Crippen LogP contribution in [0.5, 0.6) is 0 Å². The molecular formula is C33H65NO4SSi2. The molecule has 41 heavy (non-hydrogen) atoms. The molecule has 0 spiro atoms. The van der Waals surface area contributed by atoms with Gasteiger partial charge in [0, 0.05) is 18.4 Å². The highest BCUT2D eigenvalue weighted by Gasteiger charge is 2.45. The Morgan fingerprint density at radius 3 is 1.98 bits per heavy atom. The summed E-state index contributed by atoms with van der Waals surface area (Å²) in [5.41, 5.74) is 2.74. The summed E-state index contributed by atoms with van der Waals surface area (Å²) in [7, 11) is -3.87. The van der Waals surface area contributed by atoms with E-state index in [1.165, 1.54) is 0 Å². The second kappa shape index (κ2) is 17.2. The van der Waals surface area contributed by atoms with Crippen molar-refractivity contribution in [2.75, 3.05) is 6.61 Å².